The second-order valence-corrected chi connectivity index (χ2v) is 6.97. The van der Waals surface area contributed by atoms with Crippen LogP contribution in [0.15, 0.2) is 30.3 Å². The van der Waals surface area contributed by atoms with Crippen molar-refractivity contribution in [3.63, 3.8) is 0 Å². The van der Waals surface area contributed by atoms with Crippen LogP contribution in [0.3, 0.4) is 0 Å². The number of hydrogen-bond donors (Lipinski definition) is 1. The van der Waals surface area contributed by atoms with Crippen molar-refractivity contribution in [3.05, 3.63) is 52.3 Å². The quantitative estimate of drug-likeness (QED) is 0.497. The lowest BCUT2D eigenvalue weighted by molar-refractivity contribution is -0.144. The number of carbonyl (C=O) groups is 2. The maximum atomic E-state index is 11.9. The first-order valence-corrected chi connectivity index (χ1v) is 9.71. The number of nitrogens with one attached hydrogen (secondary N) is 1. The summed E-state index contributed by atoms with van der Waals surface area (Å²) >= 11 is 6.44. The highest BCUT2D eigenvalue weighted by molar-refractivity contribution is 6.31. The summed E-state index contributed by atoms with van der Waals surface area (Å²) in [5, 5.41) is 7.57. The van der Waals surface area contributed by atoms with Gasteiger partial charge in [0.25, 0.3) is 5.91 Å². The summed E-state index contributed by atoms with van der Waals surface area (Å²) < 4.78 is 11.8. The van der Waals surface area contributed by atoms with Crippen LogP contribution in [0.1, 0.15) is 37.1 Å². The molecule has 156 valence electrons. The summed E-state index contributed by atoms with van der Waals surface area (Å²) in [5.74, 6) is -0.204. The fourth-order valence-corrected chi connectivity index (χ4v) is 2.86. The molecular weight excluding hydrogens is 394 g/mol. The van der Waals surface area contributed by atoms with Crippen LogP contribution < -0.4 is 10.1 Å². The van der Waals surface area contributed by atoms with Crippen LogP contribution >= 0.6 is 11.6 Å². The predicted molar refractivity (Wildman–Crippen MR) is 112 cm³/mol. The summed E-state index contributed by atoms with van der Waals surface area (Å²) in [7, 11) is 1.61. The molecule has 0 fully saturated rings. The van der Waals surface area contributed by atoms with Crippen molar-refractivity contribution in [1.29, 1.82) is 0 Å². The first kappa shape index (κ1) is 22.5. The Bertz CT molecular complexity index is 892. The van der Waals surface area contributed by atoms with Gasteiger partial charge in [0.2, 0.25) is 0 Å². The van der Waals surface area contributed by atoms with Crippen molar-refractivity contribution in [2.45, 2.75) is 39.8 Å². The molecular formula is C21H26ClN3O4. The lowest BCUT2D eigenvalue weighted by Crippen LogP contribution is -2.35. The first-order valence-electron chi connectivity index (χ1n) is 9.34. The van der Waals surface area contributed by atoms with E-state index in [4.69, 9.17) is 21.1 Å². The van der Waals surface area contributed by atoms with Gasteiger partial charge >= 0.3 is 5.97 Å². The van der Waals surface area contributed by atoms with Gasteiger partial charge in [0.1, 0.15) is 10.9 Å². The van der Waals surface area contributed by atoms with Crippen molar-refractivity contribution in [2.24, 2.45) is 0 Å². The summed E-state index contributed by atoms with van der Waals surface area (Å²) in [5.41, 5.74) is 2.28. The minimum Gasteiger partial charge on any atom is -0.497 e. The number of benzene rings is 1. The number of ether oxygens (including phenoxy) is 2. The molecule has 0 saturated carbocycles. The number of methoxy groups -OCH3 is 1. The molecule has 1 heterocycles. The highest BCUT2D eigenvalue weighted by atomic mass is 35.5. The van der Waals surface area contributed by atoms with Crippen LogP contribution in [-0.2, 0) is 20.9 Å². The van der Waals surface area contributed by atoms with E-state index >= 15 is 0 Å². The van der Waals surface area contributed by atoms with E-state index in [0.29, 0.717) is 23.0 Å². The first-order chi connectivity index (χ1) is 13.8. The largest absolute Gasteiger partial charge is 0.497 e. The smallest absolute Gasteiger partial charge is 0.331 e. The van der Waals surface area contributed by atoms with Crippen LogP contribution in [-0.4, -0.2) is 41.4 Å². The molecule has 1 amide bonds. The van der Waals surface area contributed by atoms with Crippen LogP contribution in [0.5, 0.6) is 5.75 Å². The molecule has 0 bridgehead atoms. The van der Waals surface area contributed by atoms with Gasteiger partial charge in [0.05, 0.1) is 19.3 Å². The van der Waals surface area contributed by atoms with Crippen LogP contribution in [0.2, 0.25) is 5.15 Å². The van der Waals surface area contributed by atoms with Crippen molar-refractivity contribution >= 4 is 29.6 Å². The van der Waals surface area contributed by atoms with Crippen LogP contribution in [0, 0.1) is 6.92 Å². The van der Waals surface area contributed by atoms with E-state index in [1.54, 1.807) is 24.8 Å². The zero-order valence-corrected chi connectivity index (χ0v) is 17.8. The molecule has 1 aromatic carbocycles. The zero-order chi connectivity index (χ0) is 21.4. The lowest BCUT2D eigenvalue weighted by atomic mass is 10.2. The molecule has 8 heteroatoms. The molecule has 1 atom stereocenters. The topological polar surface area (TPSA) is 82.5 Å². The Kier molecular flexibility index (Phi) is 8.27. The summed E-state index contributed by atoms with van der Waals surface area (Å²) in [6.45, 7) is 5.78. The van der Waals surface area contributed by atoms with Gasteiger partial charge in [-0.15, -0.1) is 0 Å². The second kappa shape index (κ2) is 10.7. The van der Waals surface area contributed by atoms with Gasteiger partial charge < -0.3 is 14.8 Å². The highest BCUT2D eigenvalue weighted by Crippen LogP contribution is 2.23. The molecule has 0 spiro atoms. The summed E-state index contributed by atoms with van der Waals surface area (Å²) in [4.78, 5) is 23.6. The summed E-state index contributed by atoms with van der Waals surface area (Å²) in [6, 6.07) is 7.65. The van der Waals surface area contributed by atoms with Gasteiger partial charge in [0.15, 0.2) is 6.61 Å². The number of aryl methyl sites for hydroxylation is 1. The molecule has 0 unspecified atom stereocenters. The number of nitrogens with zero attached hydrogens (tertiary/aromatic N) is 2. The van der Waals surface area contributed by atoms with E-state index in [1.165, 1.54) is 6.08 Å². The molecule has 29 heavy (non-hydrogen) atoms. The molecule has 0 aliphatic heterocycles. The monoisotopic (exact) mass is 419 g/mol. The minimum absolute atomic E-state index is 0.0358. The number of aromatic nitrogens is 2. The lowest BCUT2D eigenvalue weighted by Gasteiger charge is -2.10. The van der Waals surface area contributed by atoms with Gasteiger partial charge in [-0.3, -0.25) is 4.79 Å². The normalized spacial score (nSPS) is 12.0. The highest BCUT2D eigenvalue weighted by Gasteiger charge is 2.13. The Morgan fingerprint density at radius 3 is 2.83 bits per heavy atom. The molecule has 2 rings (SSSR count). The van der Waals surface area contributed by atoms with Crippen LogP contribution in [0.25, 0.3) is 6.08 Å². The fourth-order valence-electron chi connectivity index (χ4n) is 2.56. The molecule has 7 nitrogen and oxygen atoms in total. The maximum absolute atomic E-state index is 11.9. The Balaban J connectivity index is 2.00. The van der Waals surface area contributed by atoms with E-state index in [-0.39, 0.29) is 18.6 Å². The predicted octanol–water partition coefficient (Wildman–Crippen LogP) is 3.37. The maximum Gasteiger partial charge on any atom is 0.331 e. The minimum atomic E-state index is -0.625. The van der Waals surface area contributed by atoms with E-state index in [0.717, 1.165) is 17.7 Å². The molecule has 2 aromatic rings. The van der Waals surface area contributed by atoms with E-state index in [2.05, 4.69) is 10.4 Å². The molecule has 1 aromatic heterocycles. The van der Waals surface area contributed by atoms with Crippen molar-refractivity contribution in [2.75, 3.05) is 13.7 Å². The van der Waals surface area contributed by atoms with E-state index < -0.39 is 5.97 Å². The third kappa shape index (κ3) is 6.64. The number of halogens is 1. The number of carbonyl (C=O) groups excluding carboxylic acids is 2. The van der Waals surface area contributed by atoms with Gasteiger partial charge in [-0.25, -0.2) is 9.48 Å². The Hall–Kier alpha value is -2.80. The van der Waals surface area contributed by atoms with Crippen LogP contribution in [0.4, 0.5) is 0 Å². The van der Waals surface area contributed by atoms with Crippen molar-refractivity contribution in [1.82, 2.24) is 15.1 Å². The van der Waals surface area contributed by atoms with Gasteiger partial charge in [-0.1, -0.05) is 30.7 Å². The second-order valence-electron chi connectivity index (χ2n) is 6.62. The average molecular weight is 420 g/mol. The van der Waals surface area contributed by atoms with Crippen molar-refractivity contribution in [3.8, 4) is 5.75 Å². The molecule has 0 aliphatic rings. The van der Waals surface area contributed by atoms with Gasteiger partial charge in [-0.05, 0) is 44.0 Å². The SMILES string of the molecule is CC[C@@H](C)NC(=O)COC(=O)/C=C/c1c(C)nn(Cc2cccc(OC)c2)c1Cl. The Labute approximate surface area is 175 Å². The Morgan fingerprint density at radius 2 is 2.14 bits per heavy atom. The standard InChI is InChI=1S/C21H26ClN3O4/c1-5-14(2)23-19(26)13-29-20(27)10-9-18-15(3)24-25(21(18)22)12-16-7-6-8-17(11-16)28-4/h6-11,14H,5,12-13H2,1-4H3,(H,23,26)/b10-9+/t14-/m1/s1. The van der Waals surface area contributed by atoms with Gasteiger partial charge in [0, 0.05) is 17.7 Å². The third-order valence-electron chi connectivity index (χ3n) is 4.33. The van der Waals surface area contributed by atoms with E-state index in [1.807, 2.05) is 38.1 Å². The third-order valence-corrected chi connectivity index (χ3v) is 4.73. The number of amides is 1. The number of rotatable bonds is 9. The summed E-state index contributed by atoms with van der Waals surface area (Å²) in [6.07, 6.45) is 3.58. The molecule has 1 N–H and O–H groups in total. The average Bonchev–Trinajstić information content (AvgIpc) is 2.97. The Morgan fingerprint density at radius 1 is 1.38 bits per heavy atom. The molecule has 0 saturated heterocycles. The zero-order valence-electron chi connectivity index (χ0n) is 17.1. The van der Waals surface area contributed by atoms with Gasteiger partial charge in [-0.2, -0.15) is 5.10 Å². The number of esters is 1. The molecule has 0 radical (unpaired) electrons. The fraction of sp³-hybridized carbons (Fsp3) is 0.381. The van der Waals surface area contributed by atoms with E-state index in [9.17, 15) is 9.59 Å². The van der Waals surface area contributed by atoms with Crippen molar-refractivity contribution < 1.29 is 19.1 Å². The molecule has 0 aliphatic carbocycles. The number of hydrogen-bond acceptors (Lipinski definition) is 5.